The maximum absolute atomic E-state index is 5.80. The molecule has 0 atom stereocenters. The summed E-state index contributed by atoms with van der Waals surface area (Å²) in [4.78, 5) is 8.67. The molecule has 6 heteroatoms. The average molecular weight is 351 g/mol. The highest BCUT2D eigenvalue weighted by Crippen LogP contribution is 2.21. The second kappa shape index (κ2) is 6.32. The van der Waals surface area contributed by atoms with E-state index in [4.69, 9.17) is 4.74 Å². The zero-order valence-electron chi connectivity index (χ0n) is 14.1. The van der Waals surface area contributed by atoms with E-state index in [0.717, 1.165) is 28.1 Å². The number of para-hydroxylation sites is 1. The Morgan fingerprint density at radius 3 is 2.56 bits per heavy atom. The molecule has 6 nitrogen and oxygen atoms in total. The Labute approximate surface area is 154 Å². The first-order chi connectivity index (χ1) is 13.4. The number of ether oxygens (including phenoxy) is 1. The standard InChI is InChI=1S/C21H13N5O/c1-2-4-16(5-3-1)27-17-9-6-15(7-10-17)8-11-18-19-20(25-24-18)23-14-26-13-12-22-21(19)26/h1-7,9-10,12-14H,(H,24,25). The van der Waals surface area contributed by atoms with Gasteiger partial charge in [0.1, 0.15) is 23.5 Å². The Morgan fingerprint density at radius 2 is 1.70 bits per heavy atom. The van der Waals surface area contributed by atoms with Crippen molar-refractivity contribution in [2.75, 3.05) is 0 Å². The van der Waals surface area contributed by atoms with Gasteiger partial charge in [0, 0.05) is 18.0 Å². The van der Waals surface area contributed by atoms with Crippen LogP contribution in [0.15, 0.2) is 73.3 Å². The van der Waals surface area contributed by atoms with E-state index >= 15 is 0 Å². The highest BCUT2D eigenvalue weighted by Gasteiger charge is 2.10. The minimum Gasteiger partial charge on any atom is -0.457 e. The maximum atomic E-state index is 5.80. The molecule has 3 heterocycles. The van der Waals surface area contributed by atoms with E-state index in [1.807, 2.05) is 65.2 Å². The van der Waals surface area contributed by atoms with Gasteiger partial charge < -0.3 is 4.74 Å². The number of hydrogen-bond acceptors (Lipinski definition) is 4. The van der Waals surface area contributed by atoms with Gasteiger partial charge in [-0.05, 0) is 42.3 Å². The third kappa shape index (κ3) is 2.87. The number of nitrogens with one attached hydrogen (secondary N) is 1. The van der Waals surface area contributed by atoms with Crippen molar-refractivity contribution < 1.29 is 4.74 Å². The van der Waals surface area contributed by atoms with E-state index in [2.05, 4.69) is 32.0 Å². The number of nitrogens with zero attached hydrogens (tertiary/aromatic N) is 4. The minimum atomic E-state index is 0.601. The van der Waals surface area contributed by atoms with Gasteiger partial charge in [0.15, 0.2) is 11.3 Å². The van der Waals surface area contributed by atoms with E-state index in [-0.39, 0.29) is 0 Å². The number of hydrogen-bond donors (Lipinski definition) is 1. The maximum Gasteiger partial charge on any atom is 0.187 e. The van der Waals surface area contributed by atoms with E-state index in [1.54, 1.807) is 12.5 Å². The van der Waals surface area contributed by atoms with Crippen molar-refractivity contribution in [1.82, 2.24) is 24.6 Å². The summed E-state index contributed by atoms with van der Waals surface area (Å²) >= 11 is 0. The van der Waals surface area contributed by atoms with Gasteiger partial charge >= 0.3 is 0 Å². The summed E-state index contributed by atoms with van der Waals surface area (Å²) in [6.07, 6.45) is 5.26. The molecule has 0 unspecified atom stereocenters. The molecular formula is C21H13N5O. The second-order valence-corrected chi connectivity index (χ2v) is 5.89. The molecule has 0 aliphatic carbocycles. The number of aromatic nitrogens is 5. The Morgan fingerprint density at radius 1 is 0.889 bits per heavy atom. The van der Waals surface area contributed by atoms with Gasteiger partial charge in [-0.3, -0.25) is 9.50 Å². The summed E-state index contributed by atoms with van der Waals surface area (Å²) in [7, 11) is 0. The molecule has 27 heavy (non-hydrogen) atoms. The SMILES string of the molecule is C(#Cc1[nH]nc2ncn3ccnc3c12)c1ccc(Oc2ccccc2)cc1. The lowest BCUT2D eigenvalue weighted by molar-refractivity contribution is 0.482. The lowest BCUT2D eigenvalue weighted by Gasteiger charge is -2.04. The van der Waals surface area contributed by atoms with Crippen LogP contribution in [0.5, 0.6) is 11.5 Å². The van der Waals surface area contributed by atoms with E-state index in [9.17, 15) is 0 Å². The highest BCUT2D eigenvalue weighted by atomic mass is 16.5. The summed E-state index contributed by atoms with van der Waals surface area (Å²) in [5.41, 5.74) is 2.95. The molecule has 0 bridgehead atoms. The summed E-state index contributed by atoms with van der Waals surface area (Å²) in [6, 6.07) is 17.3. The average Bonchev–Trinajstić information content (AvgIpc) is 3.34. The van der Waals surface area contributed by atoms with Gasteiger partial charge in [-0.1, -0.05) is 24.1 Å². The number of benzene rings is 2. The first-order valence-corrected chi connectivity index (χ1v) is 8.37. The van der Waals surface area contributed by atoms with E-state index in [0.29, 0.717) is 11.3 Å². The van der Waals surface area contributed by atoms with Crippen LogP contribution in [0.4, 0.5) is 0 Å². The zero-order valence-corrected chi connectivity index (χ0v) is 14.1. The van der Waals surface area contributed by atoms with Crippen LogP contribution >= 0.6 is 0 Å². The van der Waals surface area contributed by atoms with Crippen LogP contribution in [-0.2, 0) is 0 Å². The largest absolute Gasteiger partial charge is 0.457 e. The molecule has 0 radical (unpaired) electrons. The molecule has 0 amide bonds. The molecule has 3 aromatic heterocycles. The van der Waals surface area contributed by atoms with Gasteiger partial charge in [-0.25, -0.2) is 9.97 Å². The van der Waals surface area contributed by atoms with Gasteiger partial charge in [-0.15, -0.1) is 0 Å². The molecule has 128 valence electrons. The summed E-state index contributed by atoms with van der Waals surface area (Å²) < 4.78 is 7.64. The number of H-pyrrole nitrogens is 1. The number of rotatable bonds is 2. The monoisotopic (exact) mass is 351 g/mol. The van der Waals surface area contributed by atoms with Crippen LogP contribution in [0.1, 0.15) is 11.3 Å². The first-order valence-electron chi connectivity index (χ1n) is 8.37. The minimum absolute atomic E-state index is 0.601. The van der Waals surface area contributed by atoms with Gasteiger partial charge in [-0.2, -0.15) is 5.10 Å². The predicted molar refractivity (Wildman–Crippen MR) is 102 cm³/mol. The number of imidazole rings is 1. The molecule has 5 aromatic rings. The van der Waals surface area contributed by atoms with Crippen LogP contribution in [-0.4, -0.2) is 24.6 Å². The quantitative estimate of drug-likeness (QED) is 0.491. The van der Waals surface area contributed by atoms with Crippen molar-refractivity contribution >= 4 is 16.7 Å². The fraction of sp³-hybridized carbons (Fsp3) is 0. The van der Waals surface area contributed by atoms with Crippen LogP contribution in [0, 0.1) is 11.8 Å². The van der Waals surface area contributed by atoms with Crippen molar-refractivity contribution in [3.63, 3.8) is 0 Å². The molecule has 0 saturated heterocycles. The van der Waals surface area contributed by atoms with E-state index < -0.39 is 0 Å². The molecule has 0 saturated carbocycles. The smallest absolute Gasteiger partial charge is 0.187 e. The van der Waals surface area contributed by atoms with Crippen molar-refractivity contribution in [3.05, 3.63) is 84.6 Å². The Hall–Kier alpha value is -4.11. The molecule has 0 spiro atoms. The van der Waals surface area contributed by atoms with Gasteiger partial charge in [0.25, 0.3) is 0 Å². The van der Waals surface area contributed by atoms with Crippen molar-refractivity contribution in [2.45, 2.75) is 0 Å². The van der Waals surface area contributed by atoms with Crippen LogP contribution in [0.3, 0.4) is 0 Å². The van der Waals surface area contributed by atoms with Crippen molar-refractivity contribution in [1.29, 1.82) is 0 Å². The third-order valence-electron chi connectivity index (χ3n) is 4.11. The molecule has 1 N–H and O–H groups in total. The molecule has 0 aliphatic rings. The summed E-state index contributed by atoms with van der Waals surface area (Å²) in [5.74, 6) is 7.85. The second-order valence-electron chi connectivity index (χ2n) is 5.89. The van der Waals surface area contributed by atoms with Crippen LogP contribution in [0.2, 0.25) is 0 Å². The van der Waals surface area contributed by atoms with E-state index in [1.165, 1.54) is 0 Å². The fourth-order valence-electron chi connectivity index (χ4n) is 2.81. The molecular weight excluding hydrogens is 338 g/mol. The molecule has 0 aliphatic heterocycles. The molecule has 2 aromatic carbocycles. The summed E-state index contributed by atoms with van der Waals surface area (Å²) in [5, 5.41) is 7.97. The van der Waals surface area contributed by atoms with Crippen LogP contribution < -0.4 is 4.74 Å². The topological polar surface area (TPSA) is 68.1 Å². The fourth-order valence-corrected chi connectivity index (χ4v) is 2.81. The lowest BCUT2D eigenvalue weighted by atomic mass is 10.2. The Kier molecular flexibility index (Phi) is 3.55. The number of fused-ring (bicyclic) bond motifs is 3. The number of aromatic amines is 1. The highest BCUT2D eigenvalue weighted by molar-refractivity contribution is 5.93. The predicted octanol–water partition coefficient (Wildman–Crippen LogP) is 3.80. The normalized spacial score (nSPS) is 10.7. The zero-order chi connectivity index (χ0) is 18.1. The summed E-state index contributed by atoms with van der Waals surface area (Å²) in [6.45, 7) is 0. The van der Waals surface area contributed by atoms with Gasteiger partial charge in [0.2, 0.25) is 0 Å². The first kappa shape index (κ1) is 15.2. The lowest BCUT2D eigenvalue weighted by Crippen LogP contribution is -1.88. The van der Waals surface area contributed by atoms with Crippen molar-refractivity contribution in [3.8, 4) is 23.3 Å². The van der Waals surface area contributed by atoms with Crippen molar-refractivity contribution in [2.24, 2.45) is 0 Å². The third-order valence-corrected chi connectivity index (χ3v) is 4.11. The molecule has 5 rings (SSSR count). The van der Waals surface area contributed by atoms with Gasteiger partial charge in [0.05, 0.1) is 5.39 Å². The van der Waals surface area contributed by atoms with Crippen LogP contribution in [0.25, 0.3) is 16.7 Å². The molecule has 0 fully saturated rings. The Bertz CT molecular complexity index is 1290. The Balaban J connectivity index is 1.44.